The van der Waals surface area contributed by atoms with Crippen LogP contribution in [0.25, 0.3) is 17.2 Å². The maximum Gasteiger partial charge on any atom is 0.492 e. The number of hydrogen-bond acceptors (Lipinski definition) is 8. The lowest BCUT2D eigenvalue weighted by Gasteiger charge is -2.32. The monoisotopic (exact) mass is 528 g/mol. The van der Waals surface area contributed by atoms with E-state index in [1.807, 2.05) is 52.0 Å². The van der Waals surface area contributed by atoms with Gasteiger partial charge in [0, 0.05) is 12.5 Å². The highest BCUT2D eigenvalue weighted by molar-refractivity contribution is 6.56. The molecular weight excluding hydrogens is 495 g/mol. The smallest absolute Gasteiger partial charge is 0.478 e. The molecule has 39 heavy (non-hydrogen) atoms. The Bertz CT molecular complexity index is 1360. The van der Waals surface area contributed by atoms with Crippen molar-refractivity contribution in [2.24, 2.45) is 0 Å². The molecule has 0 bridgehead atoms. The summed E-state index contributed by atoms with van der Waals surface area (Å²) in [5.41, 5.74) is 10.5. The molecule has 10 heteroatoms. The second-order valence-electron chi connectivity index (χ2n) is 10.7. The summed E-state index contributed by atoms with van der Waals surface area (Å²) in [6.07, 6.45) is 2.73. The Balaban J connectivity index is 1.31. The molecule has 0 unspecified atom stereocenters. The van der Waals surface area contributed by atoms with Gasteiger partial charge in [0.15, 0.2) is 5.82 Å². The maximum absolute atomic E-state index is 12.9. The van der Waals surface area contributed by atoms with Crippen LogP contribution in [0, 0.1) is 0 Å². The van der Waals surface area contributed by atoms with Crippen LogP contribution in [0.2, 0.25) is 0 Å². The third-order valence-corrected chi connectivity index (χ3v) is 7.65. The molecule has 1 amide bonds. The van der Waals surface area contributed by atoms with Gasteiger partial charge in [0.25, 0.3) is 5.88 Å². The summed E-state index contributed by atoms with van der Waals surface area (Å²) in [6.45, 7) is 8.20. The Morgan fingerprint density at radius 2 is 1.64 bits per heavy atom. The molecule has 9 nitrogen and oxygen atoms in total. The van der Waals surface area contributed by atoms with Crippen LogP contribution in [-0.2, 0) is 14.0 Å². The number of nitrogen functional groups attached to an aromatic ring is 1. The number of aromatic nitrogens is 2. The first-order chi connectivity index (χ1) is 18.6. The summed E-state index contributed by atoms with van der Waals surface area (Å²) >= 11 is 0. The predicted octanol–water partition coefficient (Wildman–Crippen LogP) is 4.62. The van der Waals surface area contributed by atoms with E-state index in [4.69, 9.17) is 24.5 Å². The zero-order valence-corrected chi connectivity index (χ0v) is 22.9. The van der Waals surface area contributed by atoms with Crippen LogP contribution in [0.1, 0.15) is 50.4 Å². The third kappa shape index (κ3) is 5.22. The van der Waals surface area contributed by atoms with Gasteiger partial charge in [-0.05, 0) is 61.5 Å². The number of alkyl carbamates (subject to hydrolysis) is 1. The zero-order chi connectivity index (χ0) is 27.8. The van der Waals surface area contributed by atoms with Crippen LogP contribution < -0.4 is 15.8 Å². The summed E-state index contributed by atoms with van der Waals surface area (Å²) in [6, 6.07) is 16.4. The lowest BCUT2D eigenvalue weighted by Crippen LogP contribution is -2.41. The molecule has 202 valence electrons. The SMILES string of the molecule is COc1nc(C=C(CNC(=O)OCC2c3ccccc3-c3ccccc32)B2OC(C)(C)C(C)(C)O2)cnc1N. The molecule has 1 aliphatic heterocycles. The fraction of sp³-hybridized carbons (Fsp3) is 0.345. The molecule has 0 saturated carbocycles. The highest BCUT2D eigenvalue weighted by atomic mass is 16.7. The highest BCUT2D eigenvalue weighted by Gasteiger charge is 2.52. The molecule has 0 spiro atoms. The van der Waals surface area contributed by atoms with Crippen molar-refractivity contribution in [1.29, 1.82) is 0 Å². The molecule has 1 aliphatic carbocycles. The molecule has 3 aromatic rings. The van der Waals surface area contributed by atoms with Crippen molar-refractivity contribution < 1.29 is 23.6 Å². The second-order valence-corrected chi connectivity index (χ2v) is 10.7. The van der Waals surface area contributed by atoms with Gasteiger partial charge < -0.3 is 29.8 Å². The minimum Gasteiger partial charge on any atom is -0.478 e. The van der Waals surface area contributed by atoms with Crippen LogP contribution in [0.4, 0.5) is 10.6 Å². The Morgan fingerprint density at radius 1 is 1.05 bits per heavy atom. The lowest BCUT2D eigenvalue weighted by atomic mass is 9.77. The average molecular weight is 528 g/mol. The number of anilines is 1. The van der Waals surface area contributed by atoms with Gasteiger partial charge in [0.2, 0.25) is 0 Å². The number of methoxy groups -OCH3 is 1. The molecule has 0 radical (unpaired) electrons. The summed E-state index contributed by atoms with van der Waals surface area (Å²) < 4.78 is 23.4. The predicted molar refractivity (Wildman–Crippen MR) is 150 cm³/mol. The van der Waals surface area contributed by atoms with E-state index in [2.05, 4.69) is 39.6 Å². The van der Waals surface area contributed by atoms with Gasteiger partial charge in [0.05, 0.1) is 30.2 Å². The summed E-state index contributed by atoms with van der Waals surface area (Å²) in [5, 5.41) is 2.85. The summed E-state index contributed by atoms with van der Waals surface area (Å²) in [4.78, 5) is 21.4. The van der Waals surface area contributed by atoms with Gasteiger partial charge in [-0.1, -0.05) is 48.5 Å². The number of fused-ring (bicyclic) bond motifs is 3. The fourth-order valence-corrected chi connectivity index (χ4v) is 4.82. The number of rotatable bonds is 7. The van der Waals surface area contributed by atoms with E-state index >= 15 is 0 Å². The Hall–Kier alpha value is -3.89. The normalized spacial score (nSPS) is 17.5. The number of nitrogens with one attached hydrogen (secondary N) is 1. The second kappa shape index (κ2) is 10.4. The molecule has 2 heterocycles. The molecular formula is C29H33BN4O5. The topological polar surface area (TPSA) is 118 Å². The average Bonchev–Trinajstić information content (AvgIpc) is 3.35. The minimum absolute atomic E-state index is 0.0289. The van der Waals surface area contributed by atoms with E-state index in [9.17, 15) is 4.79 Å². The fourth-order valence-electron chi connectivity index (χ4n) is 4.82. The molecule has 5 rings (SSSR count). The third-order valence-electron chi connectivity index (χ3n) is 7.65. The van der Waals surface area contributed by atoms with Gasteiger partial charge in [-0.15, -0.1) is 0 Å². The Labute approximate surface area is 228 Å². The van der Waals surface area contributed by atoms with Gasteiger partial charge in [0.1, 0.15) is 6.61 Å². The number of nitrogens with zero attached hydrogens (tertiary/aromatic N) is 2. The van der Waals surface area contributed by atoms with Crippen LogP contribution in [0.3, 0.4) is 0 Å². The largest absolute Gasteiger partial charge is 0.492 e. The number of ether oxygens (including phenoxy) is 2. The van der Waals surface area contributed by atoms with Crippen molar-refractivity contribution in [3.05, 3.63) is 77.0 Å². The first-order valence-corrected chi connectivity index (χ1v) is 12.9. The number of carbonyl (C=O) groups excluding carboxylic acids is 1. The summed E-state index contributed by atoms with van der Waals surface area (Å²) in [5.74, 6) is 0.365. The van der Waals surface area contributed by atoms with E-state index in [0.717, 1.165) is 11.1 Å². The van der Waals surface area contributed by atoms with Gasteiger partial charge in [-0.25, -0.2) is 14.8 Å². The van der Waals surface area contributed by atoms with Crippen LogP contribution >= 0.6 is 0 Å². The zero-order valence-electron chi connectivity index (χ0n) is 22.9. The number of hydrogen-bond donors (Lipinski definition) is 2. The van der Waals surface area contributed by atoms with Crippen molar-refractivity contribution in [2.75, 3.05) is 26.0 Å². The Kier molecular flexibility index (Phi) is 7.09. The van der Waals surface area contributed by atoms with E-state index in [1.54, 1.807) is 6.08 Å². The first kappa shape index (κ1) is 26.7. The summed E-state index contributed by atoms with van der Waals surface area (Å²) in [7, 11) is 0.760. The molecule has 2 aliphatic rings. The minimum atomic E-state index is -0.714. The van der Waals surface area contributed by atoms with E-state index in [0.29, 0.717) is 11.2 Å². The number of benzene rings is 2. The lowest BCUT2D eigenvalue weighted by molar-refractivity contribution is 0.00578. The molecule has 1 aromatic heterocycles. The number of carbonyl (C=O) groups is 1. The van der Waals surface area contributed by atoms with Crippen molar-refractivity contribution in [3.8, 4) is 17.0 Å². The van der Waals surface area contributed by atoms with Crippen LogP contribution in [0.15, 0.2) is 60.2 Å². The maximum atomic E-state index is 12.9. The van der Waals surface area contributed by atoms with Crippen molar-refractivity contribution >= 4 is 25.1 Å². The van der Waals surface area contributed by atoms with Crippen LogP contribution in [-0.4, -0.2) is 54.6 Å². The van der Waals surface area contributed by atoms with Gasteiger partial charge in [-0.3, -0.25) is 0 Å². The molecule has 3 N–H and O–H groups in total. The first-order valence-electron chi connectivity index (χ1n) is 12.9. The van der Waals surface area contributed by atoms with Gasteiger partial charge >= 0.3 is 13.2 Å². The van der Waals surface area contributed by atoms with E-state index < -0.39 is 24.4 Å². The van der Waals surface area contributed by atoms with Gasteiger partial charge in [-0.2, -0.15) is 0 Å². The van der Waals surface area contributed by atoms with Crippen molar-refractivity contribution in [3.63, 3.8) is 0 Å². The van der Waals surface area contributed by atoms with Crippen molar-refractivity contribution in [2.45, 2.75) is 44.8 Å². The quantitative estimate of drug-likeness (QED) is 0.427. The number of amides is 1. The van der Waals surface area contributed by atoms with E-state index in [-0.39, 0.29) is 30.8 Å². The van der Waals surface area contributed by atoms with E-state index in [1.165, 1.54) is 24.4 Å². The molecule has 1 saturated heterocycles. The highest BCUT2D eigenvalue weighted by Crippen LogP contribution is 2.44. The standard InChI is InChI=1S/C29H33BN4O5/c1-28(2)29(3,4)39-30(38-28)18(14-19-16-32-25(31)26(34-19)36-5)15-33-27(35)37-17-24-22-12-8-6-10-20(22)21-11-7-9-13-23(21)24/h6-14,16,24H,15,17H2,1-5H3,(H2,31,32)(H,33,35). The molecule has 1 fully saturated rings. The van der Waals surface area contributed by atoms with Crippen LogP contribution in [0.5, 0.6) is 5.88 Å². The number of nitrogens with two attached hydrogens (primary N) is 1. The Morgan fingerprint density at radius 3 is 2.23 bits per heavy atom. The molecule has 2 aromatic carbocycles. The molecule has 0 atom stereocenters. The van der Waals surface area contributed by atoms with Crippen molar-refractivity contribution in [1.82, 2.24) is 15.3 Å².